The number of hydrogen-bond acceptors (Lipinski definition) is 7. The summed E-state index contributed by atoms with van der Waals surface area (Å²) in [5.74, 6) is 1.59. The van der Waals surface area contributed by atoms with Crippen molar-refractivity contribution in [2.75, 3.05) is 18.7 Å². The van der Waals surface area contributed by atoms with Gasteiger partial charge in [-0.15, -0.1) is 0 Å². The second-order valence-electron chi connectivity index (χ2n) is 8.71. The molecule has 2 heterocycles. The van der Waals surface area contributed by atoms with E-state index in [4.69, 9.17) is 30.8 Å². The van der Waals surface area contributed by atoms with Crippen molar-refractivity contribution < 1.29 is 23.8 Å². The molecule has 0 spiro atoms. The van der Waals surface area contributed by atoms with Gasteiger partial charge in [-0.25, -0.2) is 4.99 Å². The molecule has 5 rings (SSSR count). The summed E-state index contributed by atoms with van der Waals surface area (Å²) in [6.45, 7) is 3.12. The van der Waals surface area contributed by atoms with Gasteiger partial charge in [0, 0.05) is 17.1 Å². The van der Waals surface area contributed by atoms with Crippen molar-refractivity contribution in [2.24, 2.45) is 4.99 Å². The fourth-order valence-corrected chi connectivity index (χ4v) is 5.15. The van der Waals surface area contributed by atoms with E-state index in [0.29, 0.717) is 39.7 Å². The molecule has 3 aromatic carbocycles. The van der Waals surface area contributed by atoms with Crippen LogP contribution in [0, 0.1) is 0 Å². The quantitative estimate of drug-likeness (QED) is 0.368. The van der Waals surface area contributed by atoms with E-state index in [1.165, 1.54) is 11.8 Å². The van der Waals surface area contributed by atoms with Crippen molar-refractivity contribution in [2.45, 2.75) is 31.6 Å². The summed E-state index contributed by atoms with van der Waals surface area (Å²) in [4.78, 5) is 32.8. The Morgan fingerprint density at radius 3 is 2.63 bits per heavy atom. The number of nitrogens with one attached hydrogen (secondary N) is 1. The maximum absolute atomic E-state index is 13.4. The first-order chi connectivity index (χ1) is 18.5. The van der Waals surface area contributed by atoms with Crippen molar-refractivity contribution in [1.82, 2.24) is 4.90 Å². The monoisotopic (exact) mass is 551 g/mol. The molecule has 196 valence electrons. The summed E-state index contributed by atoms with van der Waals surface area (Å²) in [5.41, 5.74) is 2.12. The van der Waals surface area contributed by atoms with Crippen LogP contribution in [0.5, 0.6) is 17.2 Å². The second kappa shape index (κ2) is 11.8. The molecule has 3 aromatic rings. The Kier molecular flexibility index (Phi) is 8.05. The first-order valence-corrected chi connectivity index (χ1v) is 13.5. The maximum atomic E-state index is 13.4. The van der Waals surface area contributed by atoms with Gasteiger partial charge in [0.1, 0.15) is 11.0 Å². The van der Waals surface area contributed by atoms with Crippen LogP contribution in [-0.2, 0) is 16.1 Å². The molecule has 0 bridgehead atoms. The molecular formula is C28H26ClN3O5S. The van der Waals surface area contributed by atoms with Gasteiger partial charge < -0.3 is 19.5 Å². The van der Waals surface area contributed by atoms with Crippen LogP contribution in [0.15, 0.2) is 71.7 Å². The summed E-state index contributed by atoms with van der Waals surface area (Å²) < 4.78 is 16.5. The van der Waals surface area contributed by atoms with Crippen molar-refractivity contribution in [3.8, 4) is 17.2 Å². The van der Waals surface area contributed by atoms with Crippen LogP contribution in [0.4, 0.5) is 11.4 Å². The van der Waals surface area contributed by atoms with Crippen LogP contribution in [0.3, 0.4) is 0 Å². The number of halogens is 1. The highest BCUT2D eigenvalue weighted by Gasteiger charge is 2.36. The van der Waals surface area contributed by atoms with Crippen molar-refractivity contribution in [3.63, 3.8) is 0 Å². The molecule has 2 amide bonds. The maximum Gasteiger partial charge on any atom is 0.238 e. The fraction of sp³-hybridized carbons (Fsp3) is 0.250. The molecule has 0 radical (unpaired) electrons. The predicted molar refractivity (Wildman–Crippen MR) is 149 cm³/mol. The van der Waals surface area contributed by atoms with E-state index in [2.05, 4.69) is 5.32 Å². The van der Waals surface area contributed by atoms with Crippen LogP contribution in [0.2, 0.25) is 5.02 Å². The molecule has 1 atom stereocenters. The Bertz CT molecular complexity index is 1350. The molecule has 10 heteroatoms. The molecular weight excluding hydrogens is 526 g/mol. The van der Waals surface area contributed by atoms with Gasteiger partial charge in [-0.1, -0.05) is 36.4 Å². The molecule has 1 saturated heterocycles. The Morgan fingerprint density at radius 1 is 1.11 bits per heavy atom. The van der Waals surface area contributed by atoms with E-state index in [1.54, 1.807) is 41.3 Å². The number of amidine groups is 1. The molecule has 8 nitrogen and oxygen atoms in total. The van der Waals surface area contributed by atoms with Gasteiger partial charge in [-0.2, -0.15) is 0 Å². The second-order valence-corrected chi connectivity index (χ2v) is 10.3. The lowest BCUT2D eigenvalue weighted by atomic mass is 10.1. The van der Waals surface area contributed by atoms with E-state index in [1.807, 2.05) is 37.3 Å². The van der Waals surface area contributed by atoms with Crippen LogP contribution >= 0.6 is 23.4 Å². The number of ether oxygens (including phenoxy) is 3. The molecule has 1 unspecified atom stereocenters. The van der Waals surface area contributed by atoms with E-state index < -0.39 is 5.25 Å². The Labute approximate surface area is 229 Å². The van der Waals surface area contributed by atoms with Crippen LogP contribution in [0.1, 0.15) is 25.3 Å². The number of aliphatic imine (C=N–C) groups is 1. The number of carbonyl (C=O) groups is 2. The Balaban J connectivity index is 1.35. The zero-order chi connectivity index (χ0) is 26.5. The minimum atomic E-state index is -0.641. The van der Waals surface area contributed by atoms with Gasteiger partial charge >= 0.3 is 0 Å². The SMILES string of the molecule is CCCOc1ccc(NC(=O)C2CC(=O)N(Cc3ccc4c(c3)OCO4)C(=Nc3ccc(Cl)cc3)S2)cc1. The van der Waals surface area contributed by atoms with E-state index in [9.17, 15) is 9.59 Å². The van der Waals surface area contributed by atoms with Gasteiger partial charge in [-0.3, -0.25) is 14.5 Å². The van der Waals surface area contributed by atoms with E-state index in [-0.39, 0.29) is 31.6 Å². The number of anilines is 1. The lowest BCUT2D eigenvalue weighted by Gasteiger charge is -2.32. The molecule has 1 N–H and O–H groups in total. The lowest BCUT2D eigenvalue weighted by Crippen LogP contribution is -2.44. The van der Waals surface area contributed by atoms with Gasteiger partial charge in [-0.05, 0) is 72.6 Å². The van der Waals surface area contributed by atoms with Crippen LogP contribution in [-0.4, -0.2) is 40.5 Å². The van der Waals surface area contributed by atoms with Crippen molar-refractivity contribution in [1.29, 1.82) is 0 Å². The largest absolute Gasteiger partial charge is 0.494 e. The fourth-order valence-electron chi connectivity index (χ4n) is 3.92. The average molecular weight is 552 g/mol. The number of fused-ring (bicyclic) bond motifs is 1. The van der Waals surface area contributed by atoms with Gasteiger partial charge in [0.25, 0.3) is 0 Å². The lowest BCUT2D eigenvalue weighted by molar-refractivity contribution is -0.129. The minimum absolute atomic E-state index is 0.0401. The van der Waals surface area contributed by atoms with Crippen LogP contribution in [0.25, 0.3) is 0 Å². The summed E-state index contributed by atoms with van der Waals surface area (Å²) in [7, 11) is 0. The zero-order valence-electron chi connectivity index (χ0n) is 20.7. The highest BCUT2D eigenvalue weighted by molar-refractivity contribution is 8.15. The van der Waals surface area contributed by atoms with Crippen LogP contribution < -0.4 is 19.5 Å². The topological polar surface area (TPSA) is 89.5 Å². The van der Waals surface area contributed by atoms with Gasteiger partial charge in [0.2, 0.25) is 18.6 Å². The minimum Gasteiger partial charge on any atom is -0.494 e. The highest BCUT2D eigenvalue weighted by Crippen LogP contribution is 2.35. The van der Waals surface area contributed by atoms with Crippen molar-refractivity contribution in [3.05, 3.63) is 77.3 Å². The summed E-state index contributed by atoms with van der Waals surface area (Å²) in [6.07, 6.45) is 0.954. The summed E-state index contributed by atoms with van der Waals surface area (Å²) in [6, 6.07) is 19.8. The van der Waals surface area contributed by atoms with E-state index in [0.717, 1.165) is 17.7 Å². The molecule has 0 aliphatic carbocycles. The number of carbonyl (C=O) groups excluding carboxylic acids is 2. The predicted octanol–water partition coefficient (Wildman–Crippen LogP) is 6.02. The number of rotatable bonds is 8. The molecule has 0 saturated carbocycles. The molecule has 0 aromatic heterocycles. The first-order valence-electron chi connectivity index (χ1n) is 12.2. The third-order valence-corrected chi connectivity index (χ3v) is 7.30. The summed E-state index contributed by atoms with van der Waals surface area (Å²) in [5, 5.41) is 3.29. The van der Waals surface area contributed by atoms with Crippen molar-refractivity contribution >= 4 is 51.7 Å². The standard InChI is InChI=1S/C28H26ClN3O5S/c1-2-13-35-22-10-8-20(9-11-22)30-27(34)25-15-26(33)32(16-18-3-12-23-24(14-18)37-17-36-23)28(38-25)31-21-6-4-19(29)5-7-21/h3-12,14,25H,2,13,15-17H2,1H3,(H,30,34). The zero-order valence-corrected chi connectivity index (χ0v) is 22.3. The highest BCUT2D eigenvalue weighted by atomic mass is 35.5. The average Bonchev–Trinajstić information content (AvgIpc) is 3.39. The molecule has 2 aliphatic heterocycles. The smallest absolute Gasteiger partial charge is 0.238 e. The number of hydrogen-bond donors (Lipinski definition) is 1. The third kappa shape index (κ3) is 6.23. The first kappa shape index (κ1) is 25.9. The van der Waals surface area contributed by atoms with Gasteiger partial charge in [0.15, 0.2) is 16.7 Å². The van der Waals surface area contributed by atoms with Gasteiger partial charge in [0.05, 0.1) is 18.8 Å². The third-order valence-electron chi connectivity index (χ3n) is 5.86. The Morgan fingerprint density at radius 2 is 1.87 bits per heavy atom. The Hall–Kier alpha value is -3.69. The molecule has 1 fully saturated rings. The number of nitrogens with zero attached hydrogens (tertiary/aromatic N) is 2. The summed E-state index contributed by atoms with van der Waals surface area (Å²) >= 11 is 7.29. The normalized spacial score (nSPS) is 17.5. The molecule has 38 heavy (non-hydrogen) atoms. The molecule has 2 aliphatic rings. The number of benzene rings is 3. The number of thioether (sulfide) groups is 1. The number of amides is 2. The van der Waals surface area contributed by atoms with E-state index >= 15 is 0 Å².